The monoisotopic (exact) mass is 437 g/mol. The van der Waals surface area contributed by atoms with E-state index in [4.69, 9.17) is 0 Å². The van der Waals surface area contributed by atoms with Gasteiger partial charge in [0.25, 0.3) is 0 Å². The second-order valence-electron chi connectivity index (χ2n) is 8.62. The lowest BCUT2D eigenvalue weighted by Gasteiger charge is -2.36. The molecule has 3 amide bonds. The Kier molecular flexibility index (Phi) is 6.87. The molecular weight excluding hydrogens is 406 g/mol. The van der Waals surface area contributed by atoms with Crippen LogP contribution in [0, 0.1) is 0 Å². The topological polar surface area (TPSA) is 87.5 Å². The van der Waals surface area contributed by atoms with Crippen LogP contribution in [-0.2, 0) is 20.8 Å². The predicted octanol–water partition coefficient (Wildman–Crippen LogP) is 2.63. The molecule has 0 bridgehead atoms. The normalized spacial score (nSPS) is 18.1. The van der Waals surface area contributed by atoms with Gasteiger partial charge in [-0.3, -0.25) is 14.4 Å². The van der Waals surface area contributed by atoms with E-state index < -0.39 is 6.04 Å². The second kappa shape index (κ2) is 9.97. The number of aromatic nitrogens is 2. The molecule has 3 heterocycles. The van der Waals surface area contributed by atoms with Gasteiger partial charge in [0, 0.05) is 38.5 Å². The quantitative estimate of drug-likeness (QED) is 0.721. The van der Waals surface area contributed by atoms with Gasteiger partial charge in [0.15, 0.2) is 0 Å². The molecule has 1 N–H and O–H groups in total. The van der Waals surface area contributed by atoms with E-state index in [0.29, 0.717) is 44.7 Å². The first-order valence-electron chi connectivity index (χ1n) is 11.5. The lowest BCUT2D eigenvalue weighted by atomic mass is 10.0. The number of hydrogen-bond acceptors (Lipinski definition) is 4. The third kappa shape index (κ3) is 5.00. The molecule has 0 radical (unpaired) electrons. The van der Waals surface area contributed by atoms with Crippen LogP contribution in [0.5, 0.6) is 0 Å². The largest absolute Gasteiger partial charge is 0.341 e. The van der Waals surface area contributed by atoms with Crippen LogP contribution in [0.3, 0.4) is 0 Å². The van der Waals surface area contributed by atoms with Crippen LogP contribution in [-0.4, -0.2) is 63.0 Å². The molecule has 8 nitrogen and oxygen atoms in total. The predicted molar refractivity (Wildman–Crippen MR) is 121 cm³/mol. The number of nitrogens with zero attached hydrogens (tertiary/aromatic N) is 4. The van der Waals surface area contributed by atoms with Crippen LogP contribution in [0.1, 0.15) is 50.6 Å². The SMILES string of the molecule is C[C@@H](C(=O)N1CCC(n2nccc2NC(=O)CCc2ccccc2)CC1)N1CCCC1=O. The van der Waals surface area contributed by atoms with Gasteiger partial charge < -0.3 is 15.1 Å². The van der Waals surface area contributed by atoms with Crippen LogP contribution in [0.4, 0.5) is 5.82 Å². The zero-order valence-electron chi connectivity index (χ0n) is 18.6. The average Bonchev–Trinajstić information content (AvgIpc) is 3.46. The van der Waals surface area contributed by atoms with Crippen molar-refractivity contribution in [2.75, 3.05) is 25.0 Å². The fourth-order valence-corrected chi connectivity index (χ4v) is 4.62. The number of nitrogens with one attached hydrogen (secondary N) is 1. The van der Waals surface area contributed by atoms with Gasteiger partial charge in [-0.05, 0) is 38.2 Å². The van der Waals surface area contributed by atoms with Gasteiger partial charge in [-0.15, -0.1) is 0 Å². The van der Waals surface area contributed by atoms with Crippen molar-refractivity contribution in [3.8, 4) is 0 Å². The summed E-state index contributed by atoms with van der Waals surface area (Å²) in [5.74, 6) is 0.759. The summed E-state index contributed by atoms with van der Waals surface area (Å²) in [4.78, 5) is 40.9. The van der Waals surface area contributed by atoms with Crippen molar-refractivity contribution >= 4 is 23.5 Å². The second-order valence-corrected chi connectivity index (χ2v) is 8.62. The number of piperidine rings is 1. The van der Waals surface area contributed by atoms with E-state index in [0.717, 1.165) is 24.8 Å². The Balaban J connectivity index is 1.29. The van der Waals surface area contributed by atoms with Gasteiger partial charge >= 0.3 is 0 Å². The highest BCUT2D eigenvalue weighted by Crippen LogP contribution is 2.26. The lowest BCUT2D eigenvalue weighted by Crippen LogP contribution is -2.50. The molecule has 2 aromatic rings. The molecule has 0 saturated carbocycles. The van der Waals surface area contributed by atoms with Crippen molar-refractivity contribution < 1.29 is 14.4 Å². The van der Waals surface area contributed by atoms with Crippen LogP contribution >= 0.6 is 0 Å². The molecule has 170 valence electrons. The maximum Gasteiger partial charge on any atom is 0.245 e. The molecule has 0 unspecified atom stereocenters. The molecule has 2 aliphatic heterocycles. The van der Waals surface area contributed by atoms with E-state index >= 15 is 0 Å². The van der Waals surface area contributed by atoms with Crippen molar-refractivity contribution in [2.45, 2.75) is 57.5 Å². The first-order chi connectivity index (χ1) is 15.5. The molecule has 0 aliphatic carbocycles. The van der Waals surface area contributed by atoms with Crippen molar-refractivity contribution in [1.82, 2.24) is 19.6 Å². The molecule has 1 aromatic carbocycles. The van der Waals surface area contributed by atoms with Crippen molar-refractivity contribution in [3.63, 3.8) is 0 Å². The van der Waals surface area contributed by atoms with Crippen molar-refractivity contribution in [2.24, 2.45) is 0 Å². The first-order valence-corrected chi connectivity index (χ1v) is 11.5. The van der Waals surface area contributed by atoms with Crippen LogP contribution < -0.4 is 5.32 Å². The smallest absolute Gasteiger partial charge is 0.245 e. The molecule has 32 heavy (non-hydrogen) atoms. The number of anilines is 1. The molecule has 0 spiro atoms. The van der Waals surface area contributed by atoms with E-state index in [1.807, 2.05) is 52.9 Å². The van der Waals surface area contributed by atoms with Crippen molar-refractivity contribution in [3.05, 3.63) is 48.2 Å². The van der Waals surface area contributed by atoms with E-state index in [9.17, 15) is 14.4 Å². The van der Waals surface area contributed by atoms with Gasteiger partial charge in [0.05, 0.1) is 12.2 Å². The van der Waals surface area contributed by atoms with Crippen LogP contribution in [0.2, 0.25) is 0 Å². The Hall–Kier alpha value is -3.16. The number of likely N-dealkylation sites (tertiary alicyclic amines) is 2. The van der Waals surface area contributed by atoms with E-state index in [2.05, 4.69) is 10.4 Å². The summed E-state index contributed by atoms with van der Waals surface area (Å²) >= 11 is 0. The number of amides is 3. The minimum absolute atomic E-state index is 0.0219. The molecular formula is C24H31N5O3. The Labute approximate surface area is 188 Å². The van der Waals surface area contributed by atoms with E-state index in [1.54, 1.807) is 11.1 Å². The Morgan fingerprint density at radius 3 is 2.56 bits per heavy atom. The minimum Gasteiger partial charge on any atom is -0.341 e. The maximum atomic E-state index is 12.9. The van der Waals surface area contributed by atoms with E-state index in [1.165, 1.54) is 0 Å². The van der Waals surface area contributed by atoms with Crippen molar-refractivity contribution in [1.29, 1.82) is 0 Å². The molecule has 8 heteroatoms. The number of carbonyl (C=O) groups is 3. The van der Waals surface area contributed by atoms with Gasteiger partial charge in [-0.1, -0.05) is 30.3 Å². The summed E-state index contributed by atoms with van der Waals surface area (Å²) in [6, 6.07) is 11.5. The average molecular weight is 438 g/mol. The molecule has 1 aromatic heterocycles. The molecule has 1 atom stereocenters. The molecule has 4 rings (SSSR count). The number of hydrogen-bond donors (Lipinski definition) is 1. The van der Waals surface area contributed by atoms with Gasteiger partial charge in [-0.2, -0.15) is 5.10 Å². The summed E-state index contributed by atoms with van der Waals surface area (Å²) in [6.45, 7) is 3.74. The van der Waals surface area contributed by atoms with E-state index in [-0.39, 0.29) is 23.8 Å². The molecule has 2 saturated heterocycles. The minimum atomic E-state index is -0.397. The first kappa shape index (κ1) is 22.0. The fourth-order valence-electron chi connectivity index (χ4n) is 4.62. The summed E-state index contributed by atoms with van der Waals surface area (Å²) < 4.78 is 1.87. The summed E-state index contributed by atoms with van der Waals surface area (Å²) in [7, 11) is 0. The zero-order valence-corrected chi connectivity index (χ0v) is 18.6. The standard InChI is InChI=1S/C24H31N5O3/c1-18(28-15-5-8-23(28)31)24(32)27-16-12-20(13-17-27)29-21(11-14-25-29)26-22(30)10-9-19-6-3-2-4-7-19/h2-4,6-7,11,14,18,20H,5,8-10,12-13,15-17H2,1H3,(H,26,30)/t18-/m0/s1. The van der Waals surface area contributed by atoms with Crippen LogP contribution in [0.15, 0.2) is 42.6 Å². The lowest BCUT2D eigenvalue weighted by molar-refractivity contribution is -0.143. The Morgan fingerprint density at radius 2 is 1.88 bits per heavy atom. The van der Waals surface area contributed by atoms with Gasteiger partial charge in [-0.25, -0.2) is 4.68 Å². The molecule has 2 aliphatic rings. The fraction of sp³-hybridized carbons (Fsp3) is 0.500. The summed E-state index contributed by atoms with van der Waals surface area (Å²) in [5.41, 5.74) is 1.14. The highest BCUT2D eigenvalue weighted by molar-refractivity contribution is 5.90. The summed E-state index contributed by atoms with van der Waals surface area (Å²) in [6.07, 6.45) is 5.71. The van der Waals surface area contributed by atoms with Gasteiger partial charge in [0.2, 0.25) is 17.7 Å². The zero-order chi connectivity index (χ0) is 22.5. The molecule has 2 fully saturated rings. The number of benzene rings is 1. The third-order valence-corrected chi connectivity index (χ3v) is 6.48. The Morgan fingerprint density at radius 1 is 1.12 bits per heavy atom. The van der Waals surface area contributed by atoms with Crippen LogP contribution in [0.25, 0.3) is 0 Å². The third-order valence-electron chi connectivity index (χ3n) is 6.48. The number of aryl methyl sites for hydroxylation is 1. The number of rotatable bonds is 7. The van der Waals surface area contributed by atoms with Gasteiger partial charge in [0.1, 0.15) is 11.9 Å². The summed E-state index contributed by atoms with van der Waals surface area (Å²) in [5, 5.41) is 7.42. The Bertz CT molecular complexity index is 950. The highest BCUT2D eigenvalue weighted by Gasteiger charge is 2.34. The maximum absolute atomic E-state index is 12.9. The highest BCUT2D eigenvalue weighted by atomic mass is 16.2. The number of carbonyl (C=O) groups excluding carboxylic acids is 3.